The maximum Gasteiger partial charge on any atom is 0.325 e. The molecule has 1 heterocycles. The molecular formula is C20H21NO3. The number of ether oxygens (including phenoxy) is 1. The fourth-order valence-electron chi connectivity index (χ4n) is 3.44. The molecule has 1 fully saturated rings. The molecule has 0 aromatic heterocycles. The van der Waals surface area contributed by atoms with Crippen LogP contribution >= 0.6 is 0 Å². The Hall–Kier alpha value is -2.62. The van der Waals surface area contributed by atoms with E-state index in [1.807, 2.05) is 60.7 Å². The first-order valence-electron chi connectivity index (χ1n) is 8.24. The Morgan fingerprint density at radius 3 is 2.08 bits per heavy atom. The van der Waals surface area contributed by atoms with Crippen LogP contribution in [0.4, 0.5) is 0 Å². The Bertz CT molecular complexity index is 673. The van der Waals surface area contributed by atoms with Crippen molar-refractivity contribution in [3.63, 3.8) is 0 Å². The topological polar surface area (TPSA) is 46.6 Å². The Balaban J connectivity index is 1.99. The lowest BCUT2D eigenvalue weighted by Gasteiger charge is -2.29. The van der Waals surface area contributed by atoms with Crippen molar-refractivity contribution in [1.29, 1.82) is 0 Å². The number of hydrogen-bond donors (Lipinski definition) is 0. The molecule has 1 aliphatic heterocycles. The van der Waals surface area contributed by atoms with Gasteiger partial charge in [0.15, 0.2) is 0 Å². The van der Waals surface area contributed by atoms with Crippen molar-refractivity contribution in [1.82, 2.24) is 4.90 Å². The van der Waals surface area contributed by atoms with Crippen molar-refractivity contribution in [3.05, 3.63) is 71.8 Å². The molecule has 2 aromatic carbocycles. The number of rotatable bonds is 5. The minimum atomic E-state index is -0.727. The molecule has 0 N–H and O–H groups in total. The first kappa shape index (κ1) is 16.2. The van der Waals surface area contributed by atoms with Crippen LogP contribution in [0.5, 0.6) is 0 Å². The SMILES string of the molecule is CCOC(=O)CN1CCC(c2ccccc2)(c2ccccc2)C1=O. The molecule has 2 aromatic rings. The lowest BCUT2D eigenvalue weighted by atomic mass is 9.73. The molecule has 0 radical (unpaired) electrons. The lowest BCUT2D eigenvalue weighted by molar-refractivity contribution is -0.148. The van der Waals surface area contributed by atoms with Gasteiger partial charge in [-0.25, -0.2) is 0 Å². The van der Waals surface area contributed by atoms with E-state index in [0.717, 1.165) is 11.1 Å². The number of likely N-dealkylation sites (tertiary alicyclic amines) is 1. The molecule has 1 amide bonds. The average Bonchev–Trinajstić information content (AvgIpc) is 2.94. The van der Waals surface area contributed by atoms with Gasteiger partial charge >= 0.3 is 5.97 Å². The van der Waals surface area contributed by atoms with Gasteiger partial charge in [-0.2, -0.15) is 0 Å². The molecule has 0 bridgehead atoms. The molecule has 4 nitrogen and oxygen atoms in total. The van der Waals surface area contributed by atoms with Gasteiger partial charge in [-0.15, -0.1) is 0 Å². The van der Waals surface area contributed by atoms with Crippen LogP contribution in [0.1, 0.15) is 24.5 Å². The first-order chi connectivity index (χ1) is 11.7. The Morgan fingerprint density at radius 1 is 1.04 bits per heavy atom. The highest BCUT2D eigenvalue weighted by Crippen LogP contribution is 2.41. The van der Waals surface area contributed by atoms with E-state index < -0.39 is 5.41 Å². The molecule has 1 saturated heterocycles. The Kier molecular flexibility index (Phi) is 4.65. The molecule has 124 valence electrons. The maximum atomic E-state index is 13.3. The largest absolute Gasteiger partial charge is 0.465 e. The van der Waals surface area contributed by atoms with E-state index in [1.54, 1.807) is 11.8 Å². The summed E-state index contributed by atoms with van der Waals surface area (Å²) in [4.78, 5) is 26.7. The zero-order valence-electron chi connectivity index (χ0n) is 13.8. The fraction of sp³-hybridized carbons (Fsp3) is 0.300. The second-order valence-corrected chi connectivity index (χ2v) is 5.92. The summed E-state index contributed by atoms with van der Waals surface area (Å²) in [5.74, 6) is -0.393. The second-order valence-electron chi connectivity index (χ2n) is 5.92. The van der Waals surface area contributed by atoms with Crippen LogP contribution in [0.3, 0.4) is 0 Å². The minimum absolute atomic E-state index is 0.00803. The Morgan fingerprint density at radius 2 is 1.58 bits per heavy atom. The van der Waals surface area contributed by atoms with E-state index in [1.165, 1.54) is 0 Å². The summed E-state index contributed by atoms with van der Waals surface area (Å²) >= 11 is 0. The summed E-state index contributed by atoms with van der Waals surface area (Å²) in [6.45, 7) is 2.64. The molecule has 3 rings (SSSR count). The van der Waals surface area contributed by atoms with Crippen molar-refractivity contribution >= 4 is 11.9 Å². The number of esters is 1. The van der Waals surface area contributed by atoms with Gasteiger partial charge in [0.2, 0.25) is 5.91 Å². The van der Waals surface area contributed by atoms with Crippen molar-refractivity contribution in [2.24, 2.45) is 0 Å². The molecule has 0 spiro atoms. The molecule has 0 saturated carbocycles. The van der Waals surface area contributed by atoms with E-state index in [2.05, 4.69) is 0 Å². The van der Waals surface area contributed by atoms with Crippen LogP contribution < -0.4 is 0 Å². The normalized spacial score (nSPS) is 16.2. The van der Waals surface area contributed by atoms with Crippen LogP contribution in [-0.4, -0.2) is 36.5 Å². The quantitative estimate of drug-likeness (QED) is 0.795. The third-order valence-corrected chi connectivity index (χ3v) is 4.57. The van der Waals surface area contributed by atoms with Gasteiger partial charge in [0, 0.05) is 6.54 Å². The van der Waals surface area contributed by atoms with Crippen LogP contribution in [0.2, 0.25) is 0 Å². The number of amides is 1. The molecule has 24 heavy (non-hydrogen) atoms. The van der Waals surface area contributed by atoms with Gasteiger partial charge in [-0.1, -0.05) is 60.7 Å². The Labute approximate surface area is 142 Å². The average molecular weight is 323 g/mol. The highest BCUT2D eigenvalue weighted by atomic mass is 16.5. The third kappa shape index (κ3) is 2.80. The standard InChI is InChI=1S/C20H21NO3/c1-2-24-18(22)15-21-14-13-20(19(21)23,16-9-5-3-6-10-16)17-11-7-4-8-12-17/h3-12H,2,13-15H2,1H3. The summed E-state index contributed by atoms with van der Waals surface area (Å²) in [6.07, 6.45) is 0.652. The molecule has 1 aliphatic rings. The summed E-state index contributed by atoms with van der Waals surface area (Å²) < 4.78 is 5.00. The smallest absolute Gasteiger partial charge is 0.325 e. The van der Waals surface area contributed by atoms with Crippen LogP contribution in [0.15, 0.2) is 60.7 Å². The van der Waals surface area contributed by atoms with Gasteiger partial charge in [-0.05, 0) is 24.5 Å². The highest BCUT2D eigenvalue weighted by molar-refractivity contribution is 5.96. The van der Waals surface area contributed by atoms with Gasteiger partial charge in [0.05, 0.1) is 6.61 Å². The van der Waals surface area contributed by atoms with E-state index in [0.29, 0.717) is 19.6 Å². The van der Waals surface area contributed by atoms with Crippen LogP contribution in [0, 0.1) is 0 Å². The molecular weight excluding hydrogens is 302 g/mol. The predicted octanol–water partition coefficient (Wildman–Crippen LogP) is 2.77. The third-order valence-electron chi connectivity index (χ3n) is 4.57. The van der Waals surface area contributed by atoms with Crippen LogP contribution in [-0.2, 0) is 19.7 Å². The summed E-state index contributed by atoms with van der Waals surface area (Å²) in [5, 5.41) is 0. The van der Waals surface area contributed by atoms with Gasteiger partial charge in [-0.3, -0.25) is 9.59 Å². The monoisotopic (exact) mass is 323 g/mol. The number of benzene rings is 2. The number of nitrogens with zero attached hydrogens (tertiary/aromatic N) is 1. The molecule has 0 aliphatic carbocycles. The van der Waals surface area contributed by atoms with E-state index >= 15 is 0 Å². The van der Waals surface area contributed by atoms with Crippen molar-refractivity contribution in [2.75, 3.05) is 19.7 Å². The predicted molar refractivity (Wildman–Crippen MR) is 91.5 cm³/mol. The summed E-state index contributed by atoms with van der Waals surface area (Å²) in [5.41, 5.74) is 1.20. The maximum absolute atomic E-state index is 13.3. The summed E-state index contributed by atoms with van der Waals surface area (Å²) in [7, 11) is 0. The number of hydrogen-bond acceptors (Lipinski definition) is 3. The fourth-order valence-corrected chi connectivity index (χ4v) is 3.44. The molecule has 0 atom stereocenters. The second kappa shape index (κ2) is 6.87. The molecule has 0 unspecified atom stereocenters. The minimum Gasteiger partial charge on any atom is -0.465 e. The van der Waals surface area contributed by atoms with Crippen molar-refractivity contribution in [2.45, 2.75) is 18.8 Å². The molecule has 4 heteroatoms. The number of carbonyl (C=O) groups is 2. The van der Waals surface area contributed by atoms with Gasteiger partial charge in [0.25, 0.3) is 0 Å². The van der Waals surface area contributed by atoms with E-state index in [4.69, 9.17) is 4.74 Å². The van der Waals surface area contributed by atoms with Crippen LogP contribution in [0.25, 0.3) is 0 Å². The number of carbonyl (C=O) groups excluding carboxylic acids is 2. The zero-order chi connectivity index (χ0) is 17.0. The van der Waals surface area contributed by atoms with Gasteiger partial charge in [0.1, 0.15) is 12.0 Å². The van der Waals surface area contributed by atoms with E-state index in [-0.39, 0.29) is 18.4 Å². The lowest BCUT2D eigenvalue weighted by Crippen LogP contribution is -2.41. The first-order valence-corrected chi connectivity index (χ1v) is 8.24. The van der Waals surface area contributed by atoms with E-state index in [9.17, 15) is 9.59 Å². The zero-order valence-corrected chi connectivity index (χ0v) is 13.8. The van der Waals surface area contributed by atoms with Crippen molar-refractivity contribution in [3.8, 4) is 0 Å². The highest BCUT2D eigenvalue weighted by Gasteiger charge is 2.49. The van der Waals surface area contributed by atoms with Gasteiger partial charge < -0.3 is 9.64 Å². The summed E-state index contributed by atoms with van der Waals surface area (Å²) in [6, 6.07) is 19.6. The van der Waals surface area contributed by atoms with Crippen molar-refractivity contribution < 1.29 is 14.3 Å².